The zero-order chi connectivity index (χ0) is 3.41. The Morgan fingerprint density at radius 1 is 0.833 bits per heavy atom. The van der Waals surface area contributed by atoms with Crippen LogP contribution in [0.4, 0.5) is 0 Å². The van der Waals surface area contributed by atoms with E-state index < -0.39 is 0 Å². The van der Waals surface area contributed by atoms with Gasteiger partial charge in [0.25, 0.3) is 0 Å². The van der Waals surface area contributed by atoms with E-state index in [4.69, 9.17) is 11.5 Å². The Morgan fingerprint density at radius 2 is 1.00 bits per heavy atom. The Hall–Kier alpha value is 1.11. The Morgan fingerprint density at radius 3 is 1.00 bits per heavy atom. The van der Waals surface area contributed by atoms with Crippen LogP contribution in [0.15, 0.2) is 0 Å². The van der Waals surface area contributed by atoms with Gasteiger partial charge >= 0.3 is 0 Å². The van der Waals surface area contributed by atoms with E-state index in [1.165, 1.54) is 0 Å². The topological polar surface area (TPSA) is 52.0 Å². The van der Waals surface area contributed by atoms with Crippen molar-refractivity contribution in [3.8, 4) is 0 Å². The van der Waals surface area contributed by atoms with Gasteiger partial charge in [-0.25, -0.2) is 0 Å². The molecule has 0 spiro atoms. The van der Waals surface area contributed by atoms with Gasteiger partial charge in [0.1, 0.15) is 0 Å². The zero-order valence-corrected chi connectivity index (χ0v) is 4.57. The molecule has 0 aromatic heterocycles. The third-order valence-corrected chi connectivity index (χ3v) is 0.167. The van der Waals surface area contributed by atoms with Gasteiger partial charge in [-0.1, -0.05) is 0 Å². The summed E-state index contributed by atoms with van der Waals surface area (Å²) in [5.74, 6) is 0. The van der Waals surface area contributed by atoms with Crippen molar-refractivity contribution in [3.05, 3.63) is 0 Å². The molecule has 2 radical (unpaired) electrons. The summed E-state index contributed by atoms with van der Waals surface area (Å²) in [6.45, 7) is 1.19. The molecule has 0 aliphatic heterocycles. The zero-order valence-electron chi connectivity index (χ0n) is 4.57. The van der Waals surface area contributed by atoms with Crippen molar-refractivity contribution >= 4 is 37.7 Å². The van der Waals surface area contributed by atoms with Gasteiger partial charge in [-0.05, 0) is 0 Å². The first kappa shape index (κ1) is 15.7. The van der Waals surface area contributed by atoms with Gasteiger partial charge < -0.3 is 11.5 Å². The summed E-state index contributed by atoms with van der Waals surface area (Å²) in [4.78, 5) is 0. The summed E-state index contributed by atoms with van der Waals surface area (Å²) in [6.07, 6.45) is 0. The maximum Gasteiger partial charge on any atom is 0.00461 e. The van der Waals surface area contributed by atoms with Gasteiger partial charge in [-0.3, -0.25) is 0 Å². The summed E-state index contributed by atoms with van der Waals surface area (Å²) >= 11 is 0. The van der Waals surface area contributed by atoms with E-state index in [1.807, 2.05) is 0 Å². The molecule has 0 heterocycles. The molecule has 0 aliphatic rings. The van der Waals surface area contributed by atoms with Crippen LogP contribution in [0.3, 0.4) is 0 Å². The molecule has 6 heavy (non-hydrogen) atoms. The Balaban J connectivity index is -0.0000000450. The largest absolute Gasteiger partial charge is 0.329 e. The van der Waals surface area contributed by atoms with Gasteiger partial charge in [0, 0.05) is 50.8 Å². The Labute approximate surface area is 62.4 Å². The fourth-order valence-corrected chi connectivity index (χ4v) is 0. The molecule has 0 rings (SSSR count). The van der Waals surface area contributed by atoms with Gasteiger partial charge in [-0.15, -0.1) is 0 Å². The number of hydrogen-bond acceptors (Lipinski definition) is 2. The molecule has 28 valence electrons. The Bertz CT molecular complexity index is 11.5. The van der Waals surface area contributed by atoms with E-state index in [9.17, 15) is 0 Å². The van der Waals surface area contributed by atoms with Gasteiger partial charge in [0.2, 0.25) is 0 Å². The predicted octanol–water partition coefficient (Wildman–Crippen LogP) is -1.86. The summed E-state index contributed by atoms with van der Waals surface area (Å²) in [5, 5.41) is 0. The number of hydrogen-bond donors (Lipinski definition) is 2. The fourth-order valence-electron chi connectivity index (χ4n) is 0. The van der Waals surface area contributed by atoms with Crippen molar-refractivity contribution in [2.45, 2.75) is 0 Å². The molecule has 4 heteroatoms. The van der Waals surface area contributed by atoms with Crippen molar-refractivity contribution < 1.29 is 0 Å². The van der Waals surface area contributed by atoms with Gasteiger partial charge in [0.15, 0.2) is 0 Å². The van der Waals surface area contributed by atoms with Crippen LogP contribution in [0.5, 0.6) is 0 Å². The molecule has 0 amide bonds. The summed E-state index contributed by atoms with van der Waals surface area (Å²) in [6, 6.07) is 0. The van der Waals surface area contributed by atoms with Crippen LogP contribution in [0.2, 0.25) is 0 Å². The second-order valence-electron chi connectivity index (χ2n) is 0.577. The van der Waals surface area contributed by atoms with E-state index in [2.05, 4.69) is 0 Å². The first-order chi connectivity index (χ1) is 1.91. The molecule has 0 aromatic rings. The van der Waals surface area contributed by atoms with E-state index in [1.54, 1.807) is 0 Å². The second kappa shape index (κ2) is 16.5. The number of nitrogens with two attached hydrogens (primary N) is 2. The quantitative estimate of drug-likeness (QED) is 0.358. The van der Waals surface area contributed by atoms with Crippen molar-refractivity contribution in [2.24, 2.45) is 11.5 Å². The van der Waals surface area contributed by atoms with Crippen molar-refractivity contribution in [1.29, 1.82) is 0 Å². The molecule has 0 saturated carbocycles. The molecule has 2 nitrogen and oxygen atoms in total. The van der Waals surface area contributed by atoms with E-state index in [0.717, 1.165) is 0 Å². The first-order valence-electron chi connectivity index (χ1n) is 1.32. The van der Waals surface area contributed by atoms with Gasteiger partial charge in [0.05, 0.1) is 0 Å². The SMILES string of the molecule is NCCN.[Li].[Li]. The summed E-state index contributed by atoms with van der Waals surface area (Å²) < 4.78 is 0. The Kier molecular flexibility index (Phi) is 43.2. The van der Waals surface area contributed by atoms with Crippen LogP contribution < -0.4 is 11.5 Å². The summed E-state index contributed by atoms with van der Waals surface area (Å²) in [5.41, 5.74) is 9.81. The normalized spacial score (nSPS) is 5.00. The van der Waals surface area contributed by atoms with E-state index >= 15 is 0 Å². The predicted molar refractivity (Wildman–Crippen MR) is 29.6 cm³/mol. The number of rotatable bonds is 1. The maximum absolute atomic E-state index is 4.90. The van der Waals surface area contributed by atoms with Crippen molar-refractivity contribution in [2.75, 3.05) is 13.1 Å². The third kappa shape index (κ3) is 19.4. The van der Waals surface area contributed by atoms with Gasteiger partial charge in [-0.2, -0.15) is 0 Å². The summed E-state index contributed by atoms with van der Waals surface area (Å²) in [7, 11) is 0. The second-order valence-corrected chi connectivity index (χ2v) is 0.577. The maximum atomic E-state index is 4.90. The fraction of sp³-hybridized carbons (Fsp3) is 1.00. The minimum Gasteiger partial charge on any atom is -0.329 e. The van der Waals surface area contributed by atoms with Crippen LogP contribution >= 0.6 is 0 Å². The van der Waals surface area contributed by atoms with Crippen molar-refractivity contribution in [3.63, 3.8) is 0 Å². The molecular formula is C2H8Li2N2. The van der Waals surface area contributed by atoms with Crippen LogP contribution in [0.1, 0.15) is 0 Å². The van der Waals surface area contributed by atoms with E-state index in [-0.39, 0.29) is 37.7 Å². The third-order valence-electron chi connectivity index (χ3n) is 0.167. The molecule has 0 aliphatic carbocycles. The molecular weight excluding hydrogens is 65.9 g/mol. The minimum absolute atomic E-state index is 0. The molecule has 4 N–H and O–H groups in total. The molecule has 0 unspecified atom stereocenters. The molecule has 0 atom stereocenters. The molecule has 0 saturated heterocycles. The van der Waals surface area contributed by atoms with Crippen LogP contribution in [-0.2, 0) is 0 Å². The van der Waals surface area contributed by atoms with Crippen LogP contribution in [0, 0.1) is 0 Å². The first-order valence-corrected chi connectivity index (χ1v) is 1.32. The molecule has 0 fully saturated rings. The van der Waals surface area contributed by atoms with Crippen molar-refractivity contribution in [1.82, 2.24) is 0 Å². The molecule has 0 aromatic carbocycles. The van der Waals surface area contributed by atoms with Crippen LogP contribution in [-0.4, -0.2) is 50.8 Å². The average molecular weight is 74.0 g/mol. The monoisotopic (exact) mass is 74.1 g/mol. The average Bonchev–Trinajstić information content (AvgIpc) is 1.37. The van der Waals surface area contributed by atoms with Crippen LogP contribution in [0.25, 0.3) is 0 Å². The minimum atomic E-state index is 0. The standard InChI is InChI=1S/C2H8N2.2Li/c3-1-2-4;;/h1-4H2;;. The van der Waals surface area contributed by atoms with E-state index in [0.29, 0.717) is 13.1 Å². The molecule has 0 bridgehead atoms. The smallest absolute Gasteiger partial charge is 0.00461 e.